The highest BCUT2D eigenvalue weighted by Gasteiger charge is 2.19. The van der Waals surface area contributed by atoms with Crippen molar-refractivity contribution in [1.82, 2.24) is 0 Å². The van der Waals surface area contributed by atoms with Crippen molar-refractivity contribution in [2.75, 3.05) is 6.61 Å². The van der Waals surface area contributed by atoms with Gasteiger partial charge in [0, 0.05) is 18.9 Å². The maximum Gasteiger partial charge on any atom is 0.192 e. The first kappa shape index (κ1) is 13.6. The second-order valence-corrected chi connectivity index (χ2v) is 4.32. The third-order valence-electron chi connectivity index (χ3n) is 2.12. The lowest BCUT2D eigenvalue weighted by molar-refractivity contribution is -0.405. The van der Waals surface area contributed by atoms with E-state index in [1.54, 1.807) is 0 Å². The number of ketones is 1. The van der Waals surface area contributed by atoms with Crippen molar-refractivity contribution in [3.63, 3.8) is 0 Å². The fourth-order valence-electron chi connectivity index (χ4n) is 1.26. The predicted molar refractivity (Wildman–Crippen MR) is 56.8 cm³/mol. The van der Waals surface area contributed by atoms with Crippen molar-refractivity contribution in [2.45, 2.75) is 52.7 Å². The van der Waals surface area contributed by atoms with E-state index in [9.17, 15) is 4.79 Å². The van der Waals surface area contributed by atoms with Crippen molar-refractivity contribution in [3.8, 4) is 0 Å². The fourth-order valence-corrected chi connectivity index (χ4v) is 1.26. The van der Waals surface area contributed by atoms with Crippen LogP contribution in [0.4, 0.5) is 0 Å². The summed E-state index contributed by atoms with van der Waals surface area (Å²) in [4.78, 5) is 11.5. The summed E-state index contributed by atoms with van der Waals surface area (Å²) in [6, 6.07) is -0.0641. The molecule has 1 atom stereocenters. The molecule has 0 amide bonds. The Morgan fingerprint density at radius 1 is 1.29 bits per heavy atom. The Morgan fingerprint density at radius 3 is 2.29 bits per heavy atom. The van der Waals surface area contributed by atoms with Crippen LogP contribution < -0.4 is 5.73 Å². The van der Waals surface area contributed by atoms with Crippen LogP contribution in [0.3, 0.4) is 0 Å². The van der Waals surface area contributed by atoms with Gasteiger partial charge in [0.2, 0.25) is 0 Å². The molecule has 0 heterocycles. The molecule has 3 N–H and O–H groups in total. The highest BCUT2D eigenvalue weighted by atomic mass is 16.5. The van der Waals surface area contributed by atoms with Crippen molar-refractivity contribution >= 4 is 5.78 Å². The molecular formula is C11H24NO2+. The monoisotopic (exact) mass is 202 g/mol. The van der Waals surface area contributed by atoms with Crippen molar-refractivity contribution in [1.29, 1.82) is 0 Å². The van der Waals surface area contributed by atoms with Crippen molar-refractivity contribution in [3.05, 3.63) is 0 Å². The first-order valence-electron chi connectivity index (χ1n) is 5.43. The van der Waals surface area contributed by atoms with Gasteiger partial charge in [-0.25, -0.2) is 0 Å². The standard InChI is InChI=1S/C11H23NO2/c1-8(2)11(13)10(12)6-5-7-14-9(3)4/h8-10H,5-7,12H2,1-4H3/p+1. The highest BCUT2D eigenvalue weighted by Crippen LogP contribution is 2.03. The molecule has 84 valence electrons. The van der Waals surface area contributed by atoms with Crippen LogP contribution in [0.1, 0.15) is 40.5 Å². The quantitative estimate of drug-likeness (QED) is 0.627. The summed E-state index contributed by atoms with van der Waals surface area (Å²) in [6.45, 7) is 8.60. The van der Waals surface area contributed by atoms with E-state index < -0.39 is 0 Å². The number of carbonyl (C=O) groups is 1. The molecule has 0 aromatic carbocycles. The molecule has 0 bridgehead atoms. The Morgan fingerprint density at radius 2 is 1.86 bits per heavy atom. The number of rotatable bonds is 7. The van der Waals surface area contributed by atoms with Gasteiger partial charge in [-0.2, -0.15) is 0 Å². The van der Waals surface area contributed by atoms with Crippen LogP contribution in [0.5, 0.6) is 0 Å². The molecule has 0 spiro atoms. The Kier molecular flexibility index (Phi) is 6.75. The largest absolute Gasteiger partial charge is 0.379 e. The summed E-state index contributed by atoms with van der Waals surface area (Å²) in [7, 11) is 0. The van der Waals surface area contributed by atoms with E-state index in [1.165, 1.54) is 0 Å². The normalized spacial score (nSPS) is 13.6. The molecule has 0 fully saturated rings. The smallest absolute Gasteiger partial charge is 0.192 e. The van der Waals surface area contributed by atoms with Gasteiger partial charge in [0.05, 0.1) is 6.10 Å². The van der Waals surface area contributed by atoms with Crippen LogP contribution in [0.25, 0.3) is 0 Å². The molecule has 0 aromatic rings. The molecule has 1 unspecified atom stereocenters. The number of hydrogen-bond acceptors (Lipinski definition) is 2. The maximum atomic E-state index is 11.5. The van der Waals surface area contributed by atoms with E-state index in [2.05, 4.69) is 5.73 Å². The first-order valence-corrected chi connectivity index (χ1v) is 5.43. The summed E-state index contributed by atoms with van der Waals surface area (Å²) >= 11 is 0. The van der Waals surface area contributed by atoms with Crippen LogP contribution in [0.15, 0.2) is 0 Å². The van der Waals surface area contributed by atoms with Crippen molar-refractivity contribution < 1.29 is 15.3 Å². The number of hydrogen-bond donors (Lipinski definition) is 1. The van der Waals surface area contributed by atoms with Gasteiger partial charge in [-0.3, -0.25) is 4.79 Å². The van der Waals surface area contributed by atoms with E-state index in [0.717, 1.165) is 19.4 Å². The molecule has 0 rings (SSSR count). The van der Waals surface area contributed by atoms with Crippen LogP contribution >= 0.6 is 0 Å². The van der Waals surface area contributed by atoms with Gasteiger partial charge >= 0.3 is 0 Å². The lowest BCUT2D eigenvalue weighted by atomic mass is 9.99. The summed E-state index contributed by atoms with van der Waals surface area (Å²) < 4.78 is 5.39. The molecule has 0 aliphatic rings. The lowest BCUT2D eigenvalue weighted by Gasteiger charge is -2.11. The molecule has 0 aliphatic carbocycles. The van der Waals surface area contributed by atoms with E-state index in [1.807, 2.05) is 27.7 Å². The Balaban J connectivity index is 3.54. The minimum absolute atomic E-state index is 0.0641. The molecule has 0 aromatic heterocycles. The zero-order valence-electron chi connectivity index (χ0n) is 9.88. The molecule has 0 saturated carbocycles. The van der Waals surface area contributed by atoms with Gasteiger partial charge in [0.15, 0.2) is 5.78 Å². The number of carbonyl (C=O) groups excluding carboxylic acids is 1. The summed E-state index contributed by atoms with van der Waals surface area (Å²) in [6.07, 6.45) is 2.04. The average Bonchev–Trinajstić information content (AvgIpc) is 2.10. The van der Waals surface area contributed by atoms with Crippen molar-refractivity contribution in [2.24, 2.45) is 5.92 Å². The molecule has 3 heteroatoms. The van der Waals surface area contributed by atoms with E-state index in [0.29, 0.717) is 0 Å². The predicted octanol–water partition coefficient (Wildman–Crippen LogP) is 1.03. The number of Topliss-reactive ketones (excluding diaryl/α,β-unsaturated/α-hetero) is 1. The van der Waals surface area contributed by atoms with Crippen LogP contribution in [0, 0.1) is 5.92 Å². The Hall–Kier alpha value is -0.410. The lowest BCUT2D eigenvalue weighted by Crippen LogP contribution is -2.65. The summed E-state index contributed by atoms with van der Waals surface area (Å²) in [5.41, 5.74) is 3.87. The minimum atomic E-state index is -0.0641. The number of quaternary nitrogens is 1. The van der Waals surface area contributed by atoms with E-state index >= 15 is 0 Å². The topological polar surface area (TPSA) is 53.9 Å². The van der Waals surface area contributed by atoms with Gasteiger partial charge in [-0.05, 0) is 20.3 Å². The summed E-state index contributed by atoms with van der Waals surface area (Å²) in [5.74, 6) is 0.359. The van der Waals surface area contributed by atoms with E-state index in [4.69, 9.17) is 4.74 Å². The van der Waals surface area contributed by atoms with Crippen LogP contribution in [-0.2, 0) is 9.53 Å². The van der Waals surface area contributed by atoms with E-state index in [-0.39, 0.29) is 23.8 Å². The molecule has 3 nitrogen and oxygen atoms in total. The molecular weight excluding hydrogens is 178 g/mol. The Bertz CT molecular complexity index is 167. The minimum Gasteiger partial charge on any atom is -0.379 e. The van der Waals surface area contributed by atoms with Gasteiger partial charge < -0.3 is 10.5 Å². The molecule has 0 saturated heterocycles. The number of ether oxygens (including phenoxy) is 1. The highest BCUT2D eigenvalue weighted by molar-refractivity contribution is 5.84. The first-order chi connectivity index (χ1) is 6.45. The van der Waals surface area contributed by atoms with Crippen LogP contribution in [0.2, 0.25) is 0 Å². The summed E-state index contributed by atoms with van der Waals surface area (Å²) in [5, 5.41) is 0. The average molecular weight is 202 g/mol. The second-order valence-electron chi connectivity index (χ2n) is 4.32. The zero-order valence-corrected chi connectivity index (χ0v) is 9.88. The SMILES string of the molecule is CC(C)OCCCC([NH3+])C(=O)C(C)C. The van der Waals surface area contributed by atoms with Gasteiger partial charge in [-0.1, -0.05) is 13.8 Å². The maximum absolute atomic E-state index is 11.5. The van der Waals surface area contributed by atoms with Crippen LogP contribution in [-0.4, -0.2) is 24.5 Å². The fraction of sp³-hybridized carbons (Fsp3) is 0.909. The van der Waals surface area contributed by atoms with Gasteiger partial charge in [0.1, 0.15) is 6.04 Å². The molecule has 0 radical (unpaired) electrons. The van der Waals surface area contributed by atoms with Gasteiger partial charge in [0.25, 0.3) is 0 Å². The molecule has 14 heavy (non-hydrogen) atoms. The van der Waals surface area contributed by atoms with Gasteiger partial charge in [-0.15, -0.1) is 0 Å². The molecule has 0 aliphatic heterocycles. The Labute approximate surface area is 87.0 Å². The third kappa shape index (κ3) is 6.11. The zero-order chi connectivity index (χ0) is 11.1. The second kappa shape index (κ2) is 6.96. The third-order valence-corrected chi connectivity index (χ3v) is 2.12.